The summed E-state index contributed by atoms with van der Waals surface area (Å²) in [7, 11) is 2.37. The lowest BCUT2D eigenvalue weighted by atomic mass is 9.76. The standard InChI is InChI=1S/C8H16BI2/c10-7-5-3-1-2-4-6-9-8-11/h1-8H2. The molecule has 3 heteroatoms. The van der Waals surface area contributed by atoms with Crippen molar-refractivity contribution in [2.45, 2.75) is 38.4 Å². The second-order valence-corrected chi connectivity index (χ2v) is 4.65. The summed E-state index contributed by atoms with van der Waals surface area (Å²) in [4.78, 5) is 0. The van der Waals surface area contributed by atoms with Crippen LogP contribution in [0.25, 0.3) is 0 Å². The topological polar surface area (TPSA) is 0 Å². The third-order valence-corrected chi connectivity index (χ3v) is 3.04. The predicted molar refractivity (Wildman–Crippen MR) is 71.4 cm³/mol. The molecule has 11 heavy (non-hydrogen) atoms. The van der Waals surface area contributed by atoms with E-state index in [9.17, 15) is 0 Å². The van der Waals surface area contributed by atoms with E-state index < -0.39 is 0 Å². The van der Waals surface area contributed by atoms with Gasteiger partial charge in [0.15, 0.2) is 0 Å². The van der Waals surface area contributed by atoms with Crippen molar-refractivity contribution < 1.29 is 0 Å². The van der Waals surface area contributed by atoms with Crippen molar-refractivity contribution in [1.82, 2.24) is 0 Å². The molecule has 0 aliphatic carbocycles. The van der Waals surface area contributed by atoms with E-state index in [-0.39, 0.29) is 0 Å². The fourth-order valence-corrected chi connectivity index (χ4v) is 1.97. The van der Waals surface area contributed by atoms with Gasteiger partial charge in [-0.05, 0) is 15.2 Å². The Morgan fingerprint density at radius 2 is 1.45 bits per heavy atom. The van der Waals surface area contributed by atoms with Crippen molar-refractivity contribution in [2.75, 3.05) is 8.75 Å². The summed E-state index contributed by atoms with van der Waals surface area (Å²) >= 11 is 4.86. The average molecular weight is 377 g/mol. The van der Waals surface area contributed by atoms with E-state index in [0.29, 0.717) is 0 Å². The summed E-state index contributed by atoms with van der Waals surface area (Å²) < 4.78 is 2.54. The third-order valence-electron chi connectivity index (χ3n) is 1.65. The van der Waals surface area contributed by atoms with Gasteiger partial charge in [0.25, 0.3) is 0 Å². The van der Waals surface area contributed by atoms with Crippen molar-refractivity contribution in [3.63, 3.8) is 0 Å². The summed E-state index contributed by atoms with van der Waals surface area (Å²) in [5.74, 6) is 0. The highest BCUT2D eigenvalue weighted by Gasteiger charge is 1.90. The minimum atomic E-state index is 1.21. The summed E-state index contributed by atoms with van der Waals surface area (Å²) in [6.07, 6.45) is 8.46. The van der Waals surface area contributed by atoms with Gasteiger partial charge in [-0.25, -0.2) is 0 Å². The zero-order chi connectivity index (χ0) is 8.36. The number of hydrogen-bond donors (Lipinski definition) is 0. The van der Waals surface area contributed by atoms with Crippen molar-refractivity contribution in [2.24, 2.45) is 0 Å². The lowest BCUT2D eigenvalue weighted by molar-refractivity contribution is 0.661. The number of rotatable bonds is 8. The van der Waals surface area contributed by atoms with Crippen molar-refractivity contribution >= 4 is 52.5 Å². The van der Waals surface area contributed by atoms with Crippen LogP contribution in [0.1, 0.15) is 32.1 Å². The molecule has 0 unspecified atom stereocenters. The molecular formula is C8H16BI2. The molecule has 0 N–H and O–H groups in total. The molecule has 1 radical (unpaired) electrons. The Balaban J connectivity index is 2.69. The summed E-state index contributed by atoms with van der Waals surface area (Å²) in [5.41, 5.74) is 0. The minimum absolute atomic E-state index is 1.21. The van der Waals surface area contributed by atoms with Crippen LogP contribution >= 0.6 is 45.2 Å². The Labute approximate surface area is 98.8 Å². The molecule has 0 amide bonds. The van der Waals surface area contributed by atoms with E-state index in [0.717, 1.165) is 0 Å². The quantitative estimate of drug-likeness (QED) is 0.261. The second kappa shape index (κ2) is 11.5. The average Bonchev–Trinajstić information content (AvgIpc) is 2.03. The van der Waals surface area contributed by atoms with E-state index in [1.54, 1.807) is 0 Å². The Bertz CT molecular complexity index is 61.1. The lowest BCUT2D eigenvalue weighted by Crippen LogP contribution is -1.90. The summed E-state index contributed by atoms with van der Waals surface area (Å²) in [5, 5.41) is 0. The summed E-state index contributed by atoms with van der Waals surface area (Å²) in [6.45, 7) is 0. The predicted octanol–water partition coefficient (Wildman–Crippen LogP) is 3.89. The van der Waals surface area contributed by atoms with Crippen LogP contribution in [-0.2, 0) is 0 Å². The van der Waals surface area contributed by atoms with Crippen molar-refractivity contribution in [1.29, 1.82) is 0 Å². The maximum absolute atomic E-state index is 2.45. The molecule has 0 saturated carbocycles. The molecule has 0 aromatic heterocycles. The Morgan fingerprint density at radius 3 is 2.09 bits per heavy atom. The van der Waals surface area contributed by atoms with Crippen LogP contribution < -0.4 is 0 Å². The normalized spacial score (nSPS) is 10.0. The van der Waals surface area contributed by atoms with Crippen molar-refractivity contribution in [3.05, 3.63) is 0 Å². The van der Waals surface area contributed by atoms with E-state index in [2.05, 4.69) is 52.5 Å². The van der Waals surface area contributed by atoms with Crippen LogP contribution in [0.4, 0.5) is 0 Å². The largest absolute Gasteiger partial charge is 0.122 e. The molecule has 0 nitrogen and oxygen atoms in total. The first kappa shape index (κ1) is 12.5. The molecule has 0 bridgehead atoms. The molecule has 0 heterocycles. The van der Waals surface area contributed by atoms with E-state index in [1.807, 2.05) is 0 Å². The van der Waals surface area contributed by atoms with Gasteiger partial charge in [-0.2, -0.15) is 0 Å². The van der Waals surface area contributed by atoms with Crippen LogP contribution in [0.3, 0.4) is 0 Å². The van der Waals surface area contributed by atoms with Gasteiger partial charge < -0.3 is 0 Å². The van der Waals surface area contributed by atoms with Gasteiger partial charge in [-0.3, -0.25) is 0 Å². The van der Waals surface area contributed by atoms with E-state index in [1.165, 1.54) is 47.2 Å². The minimum Gasteiger partial charge on any atom is -0.0960 e. The highest BCUT2D eigenvalue weighted by molar-refractivity contribution is 14.1. The molecule has 0 aliphatic rings. The first-order chi connectivity index (χ1) is 5.41. The second-order valence-electron chi connectivity index (χ2n) is 2.69. The molecule has 0 aromatic carbocycles. The fourth-order valence-electron chi connectivity index (χ4n) is 0.991. The molecule has 0 rings (SSSR count). The molecule has 0 spiro atoms. The van der Waals surface area contributed by atoms with Crippen LogP contribution in [-0.4, -0.2) is 16.0 Å². The van der Waals surface area contributed by atoms with Gasteiger partial charge >= 0.3 is 0 Å². The van der Waals surface area contributed by atoms with Gasteiger partial charge in [-0.15, -0.1) is 0 Å². The molecule has 0 fully saturated rings. The smallest absolute Gasteiger partial charge is 0.0960 e. The Hall–Kier alpha value is 1.52. The lowest BCUT2D eigenvalue weighted by Gasteiger charge is -1.97. The van der Waals surface area contributed by atoms with Gasteiger partial charge in [0, 0.05) is 0 Å². The van der Waals surface area contributed by atoms with Crippen molar-refractivity contribution in [3.8, 4) is 0 Å². The highest BCUT2D eigenvalue weighted by Crippen LogP contribution is 2.06. The van der Waals surface area contributed by atoms with Gasteiger partial charge in [-0.1, -0.05) is 77.2 Å². The SMILES string of the molecule is IC[B]CCCCCCCI. The molecular weight excluding hydrogens is 361 g/mol. The molecule has 0 aromatic rings. The zero-order valence-electron chi connectivity index (χ0n) is 6.99. The molecule has 0 atom stereocenters. The van der Waals surface area contributed by atoms with Crippen LogP contribution in [0.15, 0.2) is 0 Å². The number of halogens is 2. The summed E-state index contributed by atoms with van der Waals surface area (Å²) in [6, 6.07) is 0. The first-order valence-corrected chi connectivity index (χ1v) is 7.40. The van der Waals surface area contributed by atoms with Crippen LogP contribution in [0, 0.1) is 0 Å². The number of hydrogen-bond acceptors (Lipinski definition) is 0. The zero-order valence-corrected chi connectivity index (χ0v) is 11.3. The van der Waals surface area contributed by atoms with E-state index in [4.69, 9.17) is 0 Å². The van der Waals surface area contributed by atoms with Gasteiger partial charge in [0.05, 0.1) is 0 Å². The van der Waals surface area contributed by atoms with E-state index >= 15 is 0 Å². The highest BCUT2D eigenvalue weighted by atomic mass is 127. The molecule has 0 aliphatic heterocycles. The van der Waals surface area contributed by atoms with Gasteiger partial charge in [0.2, 0.25) is 0 Å². The Kier molecular flexibility index (Phi) is 13.1. The third kappa shape index (κ3) is 11.5. The maximum Gasteiger partial charge on any atom is 0.122 e. The van der Waals surface area contributed by atoms with Gasteiger partial charge in [0.1, 0.15) is 7.28 Å². The Morgan fingerprint density at radius 1 is 0.818 bits per heavy atom. The number of unbranched alkanes of at least 4 members (excludes halogenated alkanes) is 4. The van der Waals surface area contributed by atoms with Crippen LogP contribution in [0.2, 0.25) is 6.32 Å². The monoisotopic (exact) mass is 377 g/mol. The fraction of sp³-hybridized carbons (Fsp3) is 1.00. The maximum atomic E-state index is 2.45. The number of alkyl halides is 2. The van der Waals surface area contributed by atoms with Crippen LogP contribution in [0.5, 0.6) is 0 Å². The molecule has 65 valence electrons. The molecule has 0 saturated heterocycles. The first-order valence-electron chi connectivity index (χ1n) is 4.35.